The van der Waals surface area contributed by atoms with E-state index in [2.05, 4.69) is 10.1 Å². The number of nitrogens with zero attached hydrogens (tertiary/aromatic N) is 2. The Morgan fingerprint density at radius 1 is 1.43 bits per heavy atom. The highest BCUT2D eigenvalue weighted by Crippen LogP contribution is 2.19. The van der Waals surface area contributed by atoms with Crippen LogP contribution in [-0.2, 0) is 9.63 Å². The number of benzene rings is 1. The first-order chi connectivity index (χ1) is 6.79. The maximum Gasteiger partial charge on any atom is 0.407 e. The zero-order chi connectivity index (χ0) is 9.97. The lowest BCUT2D eigenvalue weighted by molar-refractivity contribution is -0.504. The molecule has 1 aromatic rings. The predicted molar refractivity (Wildman–Crippen MR) is 46.3 cm³/mol. The summed E-state index contributed by atoms with van der Waals surface area (Å²) in [6.07, 6.45) is 0. The van der Waals surface area contributed by atoms with Gasteiger partial charge >= 0.3 is 5.97 Å². The van der Waals surface area contributed by atoms with E-state index in [0.717, 1.165) is 11.4 Å². The summed E-state index contributed by atoms with van der Waals surface area (Å²) < 4.78 is 6.49. The van der Waals surface area contributed by atoms with Crippen LogP contribution in [0.3, 0.4) is 0 Å². The van der Waals surface area contributed by atoms with Crippen LogP contribution in [0.2, 0.25) is 0 Å². The van der Waals surface area contributed by atoms with Gasteiger partial charge in [0, 0.05) is 12.1 Å². The average Bonchev–Trinajstić information content (AvgIpc) is 2.65. The fourth-order valence-corrected chi connectivity index (χ4v) is 1.17. The predicted octanol–water partition coefficient (Wildman–Crippen LogP) is 1.26. The summed E-state index contributed by atoms with van der Waals surface area (Å²) in [5, 5.41) is 3.59. The van der Waals surface area contributed by atoms with Crippen LogP contribution in [0.5, 0.6) is 5.75 Å². The highest BCUT2D eigenvalue weighted by molar-refractivity contribution is 5.71. The molecule has 1 aliphatic heterocycles. The zero-order valence-electron chi connectivity index (χ0n) is 7.64. The van der Waals surface area contributed by atoms with E-state index < -0.39 is 0 Å². The standard InChI is InChI=1S/C9H9N2O3/c1-13-8-4-2-7(3-5-8)11-6-9(12)14-10-11/h2-5H,6H2,1H3/q+1. The Balaban J connectivity index is 2.21. The van der Waals surface area contributed by atoms with Gasteiger partial charge in [-0.1, -0.05) is 0 Å². The molecule has 1 aromatic carbocycles. The van der Waals surface area contributed by atoms with Crippen molar-refractivity contribution in [3.05, 3.63) is 24.3 Å². The van der Waals surface area contributed by atoms with Gasteiger partial charge in [-0.2, -0.15) is 0 Å². The third kappa shape index (κ3) is 1.56. The van der Waals surface area contributed by atoms with Crippen LogP contribution in [0.25, 0.3) is 0 Å². The van der Waals surface area contributed by atoms with E-state index in [9.17, 15) is 4.79 Å². The number of rotatable bonds is 2. The quantitative estimate of drug-likeness (QED) is 0.664. The summed E-state index contributed by atoms with van der Waals surface area (Å²) in [6, 6.07) is 7.22. The molecular weight excluding hydrogens is 184 g/mol. The molecule has 0 unspecified atom stereocenters. The van der Waals surface area contributed by atoms with Crippen molar-refractivity contribution in [2.75, 3.05) is 13.7 Å². The second-order valence-corrected chi connectivity index (χ2v) is 2.80. The topological polar surface area (TPSA) is 50.9 Å². The number of hydrogen-bond acceptors (Lipinski definition) is 4. The molecule has 0 N–H and O–H groups in total. The molecule has 0 fully saturated rings. The molecule has 0 saturated heterocycles. The molecule has 0 saturated carbocycles. The Kier molecular flexibility index (Phi) is 2.14. The summed E-state index contributed by atoms with van der Waals surface area (Å²) in [5.74, 6) is 0.418. The lowest BCUT2D eigenvalue weighted by atomic mass is 10.3. The highest BCUT2D eigenvalue weighted by Gasteiger charge is 2.26. The normalized spacial score (nSPS) is 14.9. The van der Waals surface area contributed by atoms with E-state index in [4.69, 9.17) is 4.74 Å². The van der Waals surface area contributed by atoms with Gasteiger partial charge in [-0.05, 0) is 16.8 Å². The molecule has 0 amide bonds. The molecule has 14 heavy (non-hydrogen) atoms. The Labute approximate surface area is 80.5 Å². The smallest absolute Gasteiger partial charge is 0.407 e. The molecule has 0 bridgehead atoms. The maximum absolute atomic E-state index is 10.8. The third-order valence-corrected chi connectivity index (χ3v) is 1.89. The zero-order valence-corrected chi connectivity index (χ0v) is 7.64. The molecule has 0 aliphatic carbocycles. The van der Waals surface area contributed by atoms with Crippen LogP contribution in [0.15, 0.2) is 29.5 Å². The maximum atomic E-state index is 10.8. The van der Waals surface area contributed by atoms with Crippen LogP contribution in [0.1, 0.15) is 0 Å². The van der Waals surface area contributed by atoms with E-state index in [1.54, 1.807) is 19.2 Å². The van der Waals surface area contributed by atoms with Gasteiger partial charge in [0.1, 0.15) is 5.75 Å². The minimum Gasteiger partial charge on any atom is -0.497 e. The Morgan fingerprint density at radius 2 is 2.14 bits per heavy atom. The van der Waals surface area contributed by atoms with Crippen molar-refractivity contribution in [3.63, 3.8) is 0 Å². The molecule has 1 heterocycles. The van der Waals surface area contributed by atoms with Crippen molar-refractivity contribution in [2.45, 2.75) is 0 Å². The number of carbonyl (C=O) groups excluding carboxylic acids is 1. The third-order valence-electron chi connectivity index (χ3n) is 1.89. The largest absolute Gasteiger partial charge is 0.497 e. The van der Waals surface area contributed by atoms with Crippen molar-refractivity contribution in [3.8, 4) is 5.75 Å². The molecule has 2 rings (SSSR count). The van der Waals surface area contributed by atoms with Gasteiger partial charge in [-0.15, -0.1) is 0 Å². The lowest BCUT2D eigenvalue weighted by Crippen LogP contribution is -2.06. The minimum atomic E-state index is -0.346. The summed E-state index contributed by atoms with van der Waals surface area (Å²) in [5.41, 5.74) is 0.802. The van der Waals surface area contributed by atoms with E-state index in [-0.39, 0.29) is 12.5 Å². The van der Waals surface area contributed by atoms with Crippen molar-refractivity contribution >= 4 is 11.7 Å². The summed E-state index contributed by atoms with van der Waals surface area (Å²) >= 11 is 0. The lowest BCUT2D eigenvalue weighted by Gasteiger charge is -1.96. The first-order valence-corrected chi connectivity index (χ1v) is 4.12. The molecular formula is C9H9N2O3+. The van der Waals surface area contributed by atoms with Gasteiger partial charge in [-0.25, -0.2) is 4.79 Å². The number of methoxy groups -OCH3 is 1. The van der Waals surface area contributed by atoms with E-state index in [1.807, 2.05) is 12.1 Å². The first kappa shape index (κ1) is 8.68. The van der Waals surface area contributed by atoms with Crippen LogP contribution in [-0.4, -0.2) is 24.3 Å². The Bertz CT molecular complexity index is 384. The summed E-state index contributed by atoms with van der Waals surface area (Å²) in [7, 11) is 1.60. The molecule has 5 nitrogen and oxygen atoms in total. The van der Waals surface area contributed by atoms with Crippen molar-refractivity contribution in [1.82, 2.24) is 0 Å². The van der Waals surface area contributed by atoms with Gasteiger partial charge in [0.05, 0.1) is 7.11 Å². The van der Waals surface area contributed by atoms with Crippen molar-refractivity contribution in [1.29, 1.82) is 0 Å². The molecule has 1 aliphatic rings. The molecule has 0 atom stereocenters. The fourth-order valence-electron chi connectivity index (χ4n) is 1.17. The van der Waals surface area contributed by atoms with Crippen LogP contribution in [0, 0.1) is 0 Å². The molecule has 0 radical (unpaired) electrons. The molecule has 72 valence electrons. The van der Waals surface area contributed by atoms with E-state index >= 15 is 0 Å². The minimum absolute atomic E-state index is 0.159. The Hall–Kier alpha value is -1.91. The number of carbonyl (C=O) groups is 1. The summed E-state index contributed by atoms with van der Waals surface area (Å²) in [6.45, 7) is 0.159. The van der Waals surface area contributed by atoms with Crippen molar-refractivity contribution in [2.24, 2.45) is 5.28 Å². The number of ether oxygens (including phenoxy) is 1. The monoisotopic (exact) mass is 193 g/mol. The SMILES string of the molecule is COc1ccc([N+]2=NOC(=O)C2)cc1. The molecule has 0 spiro atoms. The Morgan fingerprint density at radius 3 is 2.64 bits per heavy atom. The second kappa shape index (κ2) is 3.45. The molecule has 5 heteroatoms. The van der Waals surface area contributed by atoms with E-state index in [1.165, 1.54) is 4.70 Å². The first-order valence-electron chi connectivity index (χ1n) is 4.12. The van der Waals surface area contributed by atoms with E-state index in [0.29, 0.717) is 0 Å². The van der Waals surface area contributed by atoms with Crippen LogP contribution in [0.4, 0.5) is 5.69 Å². The van der Waals surface area contributed by atoms with Gasteiger partial charge in [0.25, 0.3) is 6.54 Å². The van der Waals surface area contributed by atoms with Gasteiger partial charge in [0.2, 0.25) is 11.0 Å². The van der Waals surface area contributed by atoms with Gasteiger partial charge < -0.3 is 4.74 Å². The number of hydrogen-bond donors (Lipinski definition) is 0. The van der Waals surface area contributed by atoms with Crippen LogP contribution < -0.4 is 4.74 Å². The molecule has 0 aromatic heterocycles. The highest BCUT2D eigenvalue weighted by atomic mass is 16.7. The van der Waals surface area contributed by atoms with Gasteiger partial charge in [-0.3, -0.25) is 4.84 Å². The van der Waals surface area contributed by atoms with Crippen molar-refractivity contribution < 1.29 is 19.1 Å². The van der Waals surface area contributed by atoms with Crippen LogP contribution >= 0.6 is 0 Å². The summed E-state index contributed by atoms with van der Waals surface area (Å²) in [4.78, 5) is 15.2. The average molecular weight is 193 g/mol. The second-order valence-electron chi connectivity index (χ2n) is 2.80. The fraction of sp³-hybridized carbons (Fsp3) is 0.222. The van der Waals surface area contributed by atoms with Gasteiger partial charge in [0.15, 0.2) is 0 Å².